The van der Waals surface area contributed by atoms with Crippen LogP contribution in [-0.2, 0) is 19.3 Å². The van der Waals surface area contributed by atoms with Crippen LogP contribution in [0.3, 0.4) is 0 Å². The van der Waals surface area contributed by atoms with E-state index >= 15 is 0 Å². The van der Waals surface area contributed by atoms with E-state index in [-0.39, 0.29) is 0 Å². The third-order valence-electron chi connectivity index (χ3n) is 8.63. The van der Waals surface area contributed by atoms with Gasteiger partial charge in [-0.15, -0.1) is 0 Å². The number of nitrogens with zero attached hydrogens (tertiary/aromatic N) is 1. The zero-order chi connectivity index (χ0) is 23.1. The fourth-order valence-electron chi connectivity index (χ4n) is 6.64. The van der Waals surface area contributed by atoms with Gasteiger partial charge >= 0.3 is 0 Å². The first kappa shape index (κ1) is 23.3. The van der Waals surface area contributed by atoms with Gasteiger partial charge < -0.3 is 9.80 Å². The van der Waals surface area contributed by atoms with E-state index in [4.69, 9.17) is 0 Å². The fourth-order valence-corrected chi connectivity index (χ4v) is 6.64. The smallest absolute Gasteiger partial charge is 0.149 e. The van der Waals surface area contributed by atoms with Crippen molar-refractivity contribution in [2.24, 2.45) is 5.92 Å². The second-order valence-electron chi connectivity index (χ2n) is 10.8. The maximum Gasteiger partial charge on any atom is 0.149 e. The number of nitrogens with one attached hydrogen (secondary N) is 1. The average molecular weight is 454 g/mol. The Morgan fingerprint density at radius 2 is 1.24 bits per heavy atom. The van der Waals surface area contributed by atoms with Gasteiger partial charge in [0, 0.05) is 25.7 Å². The van der Waals surface area contributed by atoms with Crippen LogP contribution in [0.25, 0.3) is 0 Å². The molecule has 1 saturated carbocycles. The Morgan fingerprint density at radius 3 is 1.79 bits per heavy atom. The first-order valence-corrected chi connectivity index (χ1v) is 13.5. The summed E-state index contributed by atoms with van der Waals surface area (Å²) in [5, 5.41) is 3.81. The van der Waals surface area contributed by atoms with Crippen LogP contribution < -0.4 is 5.32 Å². The van der Waals surface area contributed by atoms with Crippen molar-refractivity contribution < 1.29 is 4.48 Å². The van der Waals surface area contributed by atoms with E-state index in [1.54, 1.807) is 0 Å². The minimum absolute atomic E-state index is 0.535. The molecule has 2 atom stereocenters. The summed E-state index contributed by atoms with van der Waals surface area (Å²) >= 11 is 0. The van der Waals surface area contributed by atoms with E-state index in [1.165, 1.54) is 85.9 Å². The van der Waals surface area contributed by atoms with Crippen LogP contribution in [0.1, 0.15) is 42.4 Å². The Kier molecular flexibility index (Phi) is 7.47. The van der Waals surface area contributed by atoms with Crippen LogP contribution in [0.5, 0.6) is 0 Å². The predicted molar refractivity (Wildman–Crippen MR) is 143 cm³/mol. The molecule has 3 aromatic rings. The molecule has 1 aliphatic carbocycles. The molecule has 1 aliphatic heterocycles. The molecule has 0 bridgehead atoms. The minimum Gasteiger partial charge on any atom is -0.316 e. The molecule has 178 valence electrons. The Bertz CT molecular complexity index is 957. The molecule has 1 N–H and O–H groups in total. The van der Waals surface area contributed by atoms with Crippen molar-refractivity contribution >= 4 is 0 Å². The number of hydrogen-bond acceptors (Lipinski definition) is 1. The van der Waals surface area contributed by atoms with Gasteiger partial charge in [-0.2, -0.15) is 0 Å². The first-order chi connectivity index (χ1) is 16.8. The van der Waals surface area contributed by atoms with Gasteiger partial charge in [0.2, 0.25) is 0 Å². The van der Waals surface area contributed by atoms with Gasteiger partial charge in [-0.1, -0.05) is 91.0 Å². The molecule has 0 amide bonds. The summed E-state index contributed by atoms with van der Waals surface area (Å²) in [5.41, 5.74) is 4.97. The summed E-state index contributed by atoms with van der Waals surface area (Å²) < 4.78 is 1.34. The van der Waals surface area contributed by atoms with Crippen molar-refractivity contribution in [3.8, 4) is 0 Å². The van der Waals surface area contributed by atoms with Gasteiger partial charge in [0.25, 0.3) is 0 Å². The normalized spacial score (nSPS) is 23.1. The summed E-state index contributed by atoms with van der Waals surface area (Å²) in [6.07, 6.45) is 9.19. The summed E-state index contributed by atoms with van der Waals surface area (Å²) in [6.45, 7) is 6.27. The molecule has 2 nitrogen and oxygen atoms in total. The van der Waals surface area contributed by atoms with Crippen molar-refractivity contribution in [2.75, 3.05) is 32.7 Å². The summed E-state index contributed by atoms with van der Waals surface area (Å²) in [5.74, 6) is 0.831. The molecule has 0 aromatic heterocycles. The van der Waals surface area contributed by atoms with Crippen LogP contribution in [0, 0.1) is 5.92 Å². The first-order valence-electron chi connectivity index (χ1n) is 13.5. The van der Waals surface area contributed by atoms with Gasteiger partial charge in [0.15, 0.2) is 0 Å². The summed E-state index contributed by atoms with van der Waals surface area (Å²) in [7, 11) is 0. The maximum atomic E-state index is 3.81. The topological polar surface area (TPSA) is 12.0 Å². The molecule has 34 heavy (non-hydrogen) atoms. The van der Waals surface area contributed by atoms with Crippen LogP contribution in [0.2, 0.25) is 0 Å². The van der Waals surface area contributed by atoms with Crippen molar-refractivity contribution in [1.29, 1.82) is 0 Å². The number of benzene rings is 3. The SMILES string of the molecule is c1ccc(CCNCC2CCCC3(C2)C[N+]3(CCc2ccccc2)CCc2ccccc2)cc1. The molecular formula is C32H41N2+. The Balaban J connectivity index is 1.19. The zero-order valence-electron chi connectivity index (χ0n) is 20.7. The molecule has 1 heterocycles. The quantitative estimate of drug-likeness (QED) is 0.211. The highest BCUT2D eigenvalue weighted by atomic mass is 15.5. The highest BCUT2D eigenvalue weighted by molar-refractivity contribution is 5.17. The summed E-state index contributed by atoms with van der Waals surface area (Å²) in [4.78, 5) is 0. The molecule has 2 fully saturated rings. The molecular weight excluding hydrogens is 412 g/mol. The van der Waals surface area contributed by atoms with Gasteiger partial charge in [0.1, 0.15) is 12.1 Å². The van der Waals surface area contributed by atoms with Gasteiger partial charge in [-0.05, 0) is 55.0 Å². The van der Waals surface area contributed by atoms with Crippen molar-refractivity contribution in [1.82, 2.24) is 5.32 Å². The van der Waals surface area contributed by atoms with Gasteiger partial charge in [0.05, 0.1) is 13.1 Å². The predicted octanol–water partition coefficient (Wildman–Crippen LogP) is 6.06. The third-order valence-corrected chi connectivity index (χ3v) is 8.63. The average Bonchev–Trinajstić information content (AvgIpc) is 3.50. The van der Waals surface area contributed by atoms with Crippen LogP contribution >= 0.6 is 0 Å². The van der Waals surface area contributed by atoms with Crippen molar-refractivity contribution in [3.05, 3.63) is 108 Å². The highest BCUT2D eigenvalue weighted by Crippen LogP contribution is 2.54. The van der Waals surface area contributed by atoms with Crippen LogP contribution in [0.4, 0.5) is 0 Å². The lowest BCUT2D eigenvalue weighted by Gasteiger charge is -2.33. The second-order valence-corrected chi connectivity index (χ2v) is 10.8. The minimum atomic E-state index is 0.535. The molecule has 5 rings (SSSR count). The van der Waals surface area contributed by atoms with Crippen molar-refractivity contribution in [3.63, 3.8) is 0 Å². The fraction of sp³-hybridized carbons (Fsp3) is 0.438. The number of hydrogen-bond donors (Lipinski definition) is 1. The zero-order valence-corrected chi connectivity index (χ0v) is 20.7. The largest absolute Gasteiger partial charge is 0.316 e. The van der Waals surface area contributed by atoms with Crippen LogP contribution in [0.15, 0.2) is 91.0 Å². The Morgan fingerprint density at radius 1 is 0.706 bits per heavy atom. The third kappa shape index (κ3) is 5.62. The Hall–Kier alpha value is -2.42. The van der Waals surface area contributed by atoms with E-state index in [0.29, 0.717) is 5.54 Å². The molecule has 2 unspecified atom stereocenters. The Labute approximate surface area is 206 Å². The number of quaternary nitrogens is 1. The van der Waals surface area contributed by atoms with E-state index in [0.717, 1.165) is 18.9 Å². The molecule has 2 heteroatoms. The highest BCUT2D eigenvalue weighted by Gasteiger charge is 2.68. The van der Waals surface area contributed by atoms with E-state index in [2.05, 4.69) is 96.3 Å². The molecule has 3 aromatic carbocycles. The second kappa shape index (κ2) is 10.9. The van der Waals surface area contributed by atoms with E-state index in [9.17, 15) is 0 Å². The van der Waals surface area contributed by atoms with E-state index < -0.39 is 0 Å². The lowest BCUT2D eigenvalue weighted by Crippen LogP contribution is -2.43. The molecule has 2 aliphatic rings. The van der Waals surface area contributed by atoms with Gasteiger partial charge in [-0.25, -0.2) is 0 Å². The number of rotatable bonds is 11. The maximum absolute atomic E-state index is 3.81. The lowest BCUT2D eigenvalue weighted by molar-refractivity contribution is -0.831. The molecule has 1 saturated heterocycles. The van der Waals surface area contributed by atoms with Crippen molar-refractivity contribution in [2.45, 2.75) is 50.5 Å². The van der Waals surface area contributed by atoms with Crippen LogP contribution in [-0.4, -0.2) is 42.7 Å². The standard InChI is InChI=1S/C32H41N2/c1-4-11-28(12-5-1)18-22-33-26-31-17-10-21-32(25-31)27-34(32,23-19-29-13-6-2-7-14-29)24-20-30-15-8-3-9-16-30/h1-9,11-16,31,33H,10,17-27H2/q+1. The molecule has 1 spiro atoms. The molecule has 0 radical (unpaired) electrons. The lowest BCUT2D eigenvalue weighted by atomic mass is 9.80. The van der Waals surface area contributed by atoms with E-state index in [1.807, 2.05) is 0 Å². The summed E-state index contributed by atoms with van der Waals surface area (Å²) in [6, 6.07) is 33.2. The van der Waals surface area contributed by atoms with Gasteiger partial charge in [-0.3, -0.25) is 0 Å². The monoisotopic (exact) mass is 453 g/mol.